The number of guanidine groups is 1. The summed E-state index contributed by atoms with van der Waals surface area (Å²) in [5.74, 6) is 0.474. The number of aliphatic imine (C=N–C) groups is 1. The Hall–Kier alpha value is -1.55. The molecule has 1 unspecified atom stereocenters. The summed E-state index contributed by atoms with van der Waals surface area (Å²) in [4.78, 5) is 6.63. The van der Waals surface area contributed by atoms with Crippen LogP contribution in [0.2, 0.25) is 0 Å². The Morgan fingerprint density at radius 2 is 2.00 bits per heavy atom. The van der Waals surface area contributed by atoms with Crippen LogP contribution in [0.3, 0.4) is 0 Å². The Labute approximate surface area is 116 Å². The number of rotatable bonds is 6. The van der Waals surface area contributed by atoms with E-state index in [1.165, 1.54) is 5.56 Å². The summed E-state index contributed by atoms with van der Waals surface area (Å²) < 4.78 is 0. The van der Waals surface area contributed by atoms with Crippen LogP contribution in [0.15, 0.2) is 29.3 Å². The van der Waals surface area contributed by atoms with Gasteiger partial charge in [-0.1, -0.05) is 24.6 Å². The Morgan fingerprint density at radius 3 is 2.58 bits per heavy atom. The Balaban J connectivity index is 2.39. The molecule has 0 amide bonds. The predicted octanol–water partition coefficient (Wildman–Crippen LogP) is 2.45. The number of aryl methyl sites for hydroxylation is 1. The van der Waals surface area contributed by atoms with Crippen LogP contribution in [0.4, 0.5) is 5.69 Å². The minimum atomic E-state index is 0.474. The smallest absolute Gasteiger partial charge is 0.193 e. The average Bonchev–Trinajstić information content (AvgIpc) is 2.40. The highest BCUT2D eigenvalue weighted by molar-refractivity contribution is 5.92. The maximum absolute atomic E-state index is 5.86. The van der Waals surface area contributed by atoms with Gasteiger partial charge in [-0.15, -0.1) is 0 Å². The molecular formula is C15H26N4. The Bertz CT molecular complexity index is 397. The molecule has 0 aliphatic heterocycles. The van der Waals surface area contributed by atoms with Crippen LogP contribution in [-0.2, 0) is 0 Å². The highest BCUT2D eigenvalue weighted by atomic mass is 15.1. The molecule has 0 radical (unpaired) electrons. The number of benzene rings is 1. The number of nitrogens with one attached hydrogen (secondary N) is 1. The molecule has 106 valence electrons. The van der Waals surface area contributed by atoms with Crippen LogP contribution in [0.25, 0.3) is 0 Å². The lowest BCUT2D eigenvalue weighted by atomic mass is 10.2. The highest BCUT2D eigenvalue weighted by Gasteiger charge is 2.05. The van der Waals surface area contributed by atoms with Gasteiger partial charge in [-0.25, -0.2) is 0 Å². The lowest BCUT2D eigenvalue weighted by Gasteiger charge is -2.22. The molecule has 3 N–H and O–H groups in total. The van der Waals surface area contributed by atoms with E-state index >= 15 is 0 Å². The summed E-state index contributed by atoms with van der Waals surface area (Å²) in [6, 6.07) is 8.69. The van der Waals surface area contributed by atoms with E-state index < -0.39 is 0 Å². The molecule has 1 rings (SSSR count). The monoisotopic (exact) mass is 262 g/mol. The largest absolute Gasteiger partial charge is 0.370 e. The molecule has 4 nitrogen and oxygen atoms in total. The third-order valence-electron chi connectivity index (χ3n) is 3.40. The molecule has 1 aromatic carbocycles. The van der Waals surface area contributed by atoms with Crippen molar-refractivity contribution >= 4 is 11.6 Å². The third-order valence-corrected chi connectivity index (χ3v) is 3.40. The van der Waals surface area contributed by atoms with Crippen molar-refractivity contribution in [3.05, 3.63) is 29.8 Å². The second-order valence-corrected chi connectivity index (χ2v) is 5.00. The van der Waals surface area contributed by atoms with Crippen molar-refractivity contribution in [2.45, 2.75) is 33.2 Å². The molecule has 1 aromatic rings. The summed E-state index contributed by atoms with van der Waals surface area (Å²) in [7, 11) is 2.12. The predicted molar refractivity (Wildman–Crippen MR) is 83.7 cm³/mol. The fraction of sp³-hybridized carbons (Fsp3) is 0.533. The zero-order valence-corrected chi connectivity index (χ0v) is 12.5. The third kappa shape index (κ3) is 5.75. The highest BCUT2D eigenvalue weighted by Crippen LogP contribution is 2.07. The second kappa shape index (κ2) is 7.79. The van der Waals surface area contributed by atoms with Crippen molar-refractivity contribution in [1.82, 2.24) is 4.90 Å². The van der Waals surface area contributed by atoms with E-state index in [4.69, 9.17) is 5.73 Å². The molecule has 1 atom stereocenters. The lowest BCUT2D eigenvalue weighted by Crippen LogP contribution is -2.31. The number of nitrogens with zero attached hydrogens (tertiary/aromatic N) is 2. The number of hydrogen-bond donors (Lipinski definition) is 2. The van der Waals surface area contributed by atoms with Gasteiger partial charge in [0.2, 0.25) is 0 Å². The zero-order chi connectivity index (χ0) is 14.3. The van der Waals surface area contributed by atoms with E-state index in [2.05, 4.69) is 43.0 Å². The van der Waals surface area contributed by atoms with Crippen LogP contribution >= 0.6 is 0 Å². The number of anilines is 1. The molecule has 0 fully saturated rings. The first-order valence-electron chi connectivity index (χ1n) is 6.86. The minimum absolute atomic E-state index is 0.474. The molecule has 4 heteroatoms. The molecule has 0 heterocycles. The van der Waals surface area contributed by atoms with Crippen molar-refractivity contribution in [3.63, 3.8) is 0 Å². The Morgan fingerprint density at radius 1 is 1.37 bits per heavy atom. The van der Waals surface area contributed by atoms with E-state index in [9.17, 15) is 0 Å². The van der Waals surface area contributed by atoms with Crippen LogP contribution in [0.1, 0.15) is 25.8 Å². The summed E-state index contributed by atoms with van der Waals surface area (Å²) in [5, 5.41) is 3.10. The van der Waals surface area contributed by atoms with Gasteiger partial charge < -0.3 is 16.0 Å². The van der Waals surface area contributed by atoms with E-state index in [-0.39, 0.29) is 0 Å². The first-order valence-corrected chi connectivity index (χ1v) is 6.86. The van der Waals surface area contributed by atoms with Crippen molar-refractivity contribution in [1.29, 1.82) is 0 Å². The molecule has 0 bridgehead atoms. The van der Waals surface area contributed by atoms with Gasteiger partial charge in [0.1, 0.15) is 0 Å². The second-order valence-electron chi connectivity index (χ2n) is 5.00. The molecular weight excluding hydrogens is 236 g/mol. The summed E-state index contributed by atoms with van der Waals surface area (Å²) in [6.45, 7) is 8.11. The number of likely N-dealkylation sites (N-methyl/N-ethyl adjacent to an activating group) is 1. The molecule has 0 aromatic heterocycles. The van der Waals surface area contributed by atoms with Gasteiger partial charge in [0, 0.05) is 18.3 Å². The first kappa shape index (κ1) is 15.5. The quantitative estimate of drug-likeness (QED) is 0.611. The molecule has 19 heavy (non-hydrogen) atoms. The van der Waals surface area contributed by atoms with Gasteiger partial charge in [-0.05, 0) is 39.4 Å². The standard InChI is InChI=1S/C15H26N4/c1-5-13(3)19(4)11-10-17-15(16)18-14-8-6-12(2)7-9-14/h6-9,13H,5,10-11H2,1-4H3,(H3,16,17,18). The molecule has 0 aliphatic carbocycles. The van der Waals surface area contributed by atoms with Gasteiger partial charge in [0.25, 0.3) is 0 Å². The van der Waals surface area contributed by atoms with Gasteiger partial charge in [-0.3, -0.25) is 4.99 Å². The zero-order valence-electron chi connectivity index (χ0n) is 12.5. The van der Waals surface area contributed by atoms with Crippen LogP contribution in [0.5, 0.6) is 0 Å². The maximum Gasteiger partial charge on any atom is 0.193 e. The summed E-state index contributed by atoms with van der Waals surface area (Å²) in [5.41, 5.74) is 8.07. The normalized spacial score (nSPS) is 13.6. The van der Waals surface area contributed by atoms with Crippen molar-refractivity contribution in [2.24, 2.45) is 10.7 Å². The summed E-state index contributed by atoms with van der Waals surface area (Å²) in [6.07, 6.45) is 1.15. The number of hydrogen-bond acceptors (Lipinski definition) is 2. The average molecular weight is 262 g/mol. The van der Waals surface area contributed by atoms with Crippen LogP contribution in [0, 0.1) is 6.92 Å². The van der Waals surface area contributed by atoms with Crippen LogP contribution < -0.4 is 11.1 Å². The van der Waals surface area contributed by atoms with Gasteiger partial charge >= 0.3 is 0 Å². The lowest BCUT2D eigenvalue weighted by molar-refractivity contribution is 0.259. The first-order chi connectivity index (χ1) is 9.02. The van der Waals surface area contributed by atoms with Gasteiger partial charge in [-0.2, -0.15) is 0 Å². The fourth-order valence-corrected chi connectivity index (χ4v) is 1.68. The number of nitrogens with two attached hydrogens (primary N) is 1. The van der Waals surface area contributed by atoms with Crippen molar-refractivity contribution in [3.8, 4) is 0 Å². The summed E-state index contributed by atoms with van der Waals surface area (Å²) >= 11 is 0. The fourth-order valence-electron chi connectivity index (χ4n) is 1.68. The van der Waals surface area contributed by atoms with E-state index in [1.54, 1.807) is 0 Å². The van der Waals surface area contributed by atoms with E-state index in [0.717, 1.165) is 18.7 Å². The molecule has 0 saturated heterocycles. The van der Waals surface area contributed by atoms with Crippen molar-refractivity contribution < 1.29 is 0 Å². The SMILES string of the molecule is CCC(C)N(C)CCN=C(N)Nc1ccc(C)cc1. The Kier molecular flexibility index (Phi) is 6.36. The van der Waals surface area contributed by atoms with Crippen LogP contribution in [-0.4, -0.2) is 37.0 Å². The molecule has 0 saturated carbocycles. The van der Waals surface area contributed by atoms with E-state index in [1.807, 2.05) is 24.3 Å². The van der Waals surface area contributed by atoms with Gasteiger partial charge in [0.05, 0.1) is 6.54 Å². The van der Waals surface area contributed by atoms with Crippen molar-refractivity contribution in [2.75, 3.05) is 25.5 Å². The van der Waals surface area contributed by atoms with Gasteiger partial charge in [0.15, 0.2) is 5.96 Å². The topological polar surface area (TPSA) is 53.6 Å². The molecule has 0 spiro atoms. The molecule has 0 aliphatic rings. The maximum atomic E-state index is 5.86. The van der Waals surface area contributed by atoms with E-state index in [0.29, 0.717) is 18.5 Å². The minimum Gasteiger partial charge on any atom is -0.370 e.